The lowest BCUT2D eigenvalue weighted by molar-refractivity contribution is -0.115. The van der Waals surface area contributed by atoms with E-state index in [2.05, 4.69) is 20.7 Å². The van der Waals surface area contributed by atoms with Gasteiger partial charge >= 0.3 is 6.03 Å². The van der Waals surface area contributed by atoms with E-state index in [1.807, 2.05) is 30.3 Å². The van der Waals surface area contributed by atoms with Crippen LogP contribution in [0.2, 0.25) is 0 Å². The average molecular weight is 499 g/mol. The summed E-state index contributed by atoms with van der Waals surface area (Å²) >= 11 is 0. The Labute approximate surface area is 203 Å². The predicted molar refractivity (Wildman–Crippen MR) is 132 cm³/mol. The number of anilines is 2. The Kier molecular flexibility index (Phi) is 8.52. The highest BCUT2D eigenvalue weighted by molar-refractivity contribution is 7.92. The lowest BCUT2D eigenvalue weighted by atomic mass is 10.2. The van der Waals surface area contributed by atoms with Crippen molar-refractivity contribution in [3.63, 3.8) is 0 Å². The van der Waals surface area contributed by atoms with E-state index < -0.39 is 22.0 Å². The first-order valence-electron chi connectivity index (χ1n) is 10.5. The zero-order chi connectivity index (χ0) is 25.3. The summed E-state index contributed by atoms with van der Waals surface area (Å²) in [6, 6.07) is 19.4. The Morgan fingerprint density at radius 3 is 2.17 bits per heavy atom. The Bertz CT molecular complexity index is 1280. The van der Waals surface area contributed by atoms with Crippen LogP contribution < -0.4 is 30.1 Å². The summed E-state index contributed by atoms with van der Waals surface area (Å²) in [5, 5.41) is 7.67. The lowest BCUT2D eigenvalue weighted by Gasteiger charge is -2.15. The third kappa shape index (κ3) is 7.11. The van der Waals surface area contributed by atoms with Gasteiger partial charge in [0, 0.05) is 6.54 Å². The third-order valence-electron chi connectivity index (χ3n) is 4.81. The van der Waals surface area contributed by atoms with Crippen molar-refractivity contribution in [2.45, 2.75) is 11.4 Å². The molecule has 0 saturated carbocycles. The van der Waals surface area contributed by atoms with E-state index in [1.165, 1.54) is 32.4 Å². The van der Waals surface area contributed by atoms with E-state index in [1.54, 1.807) is 24.3 Å². The number of hydrogen-bond donors (Lipinski definition) is 4. The minimum absolute atomic E-state index is 0.104. The molecule has 11 heteroatoms. The normalized spacial score (nSPS) is 10.7. The first-order chi connectivity index (χ1) is 16.8. The van der Waals surface area contributed by atoms with Crippen molar-refractivity contribution in [3.8, 4) is 11.5 Å². The maximum Gasteiger partial charge on any atom is 0.315 e. The zero-order valence-corrected chi connectivity index (χ0v) is 20.0. The molecule has 4 N–H and O–H groups in total. The van der Waals surface area contributed by atoms with Gasteiger partial charge in [0.1, 0.15) is 11.5 Å². The Hall–Kier alpha value is -4.25. The first kappa shape index (κ1) is 25.4. The summed E-state index contributed by atoms with van der Waals surface area (Å²) in [6.07, 6.45) is 0. The van der Waals surface area contributed by atoms with Gasteiger partial charge < -0.3 is 25.4 Å². The molecule has 0 fully saturated rings. The third-order valence-corrected chi connectivity index (χ3v) is 6.18. The number of ether oxygens (including phenoxy) is 2. The van der Waals surface area contributed by atoms with Crippen LogP contribution >= 0.6 is 0 Å². The van der Waals surface area contributed by atoms with Gasteiger partial charge in [-0.25, -0.2) is 13.2 Å². The molecule has 10 nitrogen and oxygen atoms in total. The molecule has 0 atom stereocenters. The summed E-state index contributed by atoms with van der Waals surface area (Å²) in [5.74, 6) is 0.0447. The monoisotopic (exact) mass is 498 g/mol. The summed E-state index contributed by atoms with van der Waals surface area (Å²) < 4.78 is 38.7. The standard InChI is InChI=1S/C24H26N4O6S/c1-33-21-11-7-6-10-19(21)28-35(31,32)18-12-13-22(34-2)20(14-18)27-23(29)16-26-24(30)25-15-17-8-4-3-5-9-17/h3-14,28H,15-16H2,1-2H3,(H,27,29)(H2,25,26,30). The lowest BCUT2D eigenvalue weighted by Crippen LogP contribution is -2.39. The highest BCUT2D eigenvalue weighted by atomic mass is 32.2. The van der Waals surface area contributed by atoms with Crippen LogP contribution in [0.3, 0.4) is 0 Å². The van der Waals surface area contributed by atoms with Gasteiger partial charge in [-0.2, -0.15) is 0 Å². The fourth-order valence-electron chi connectivity index (χ4n) is 3.08. The number of carbonyl (C=O) groups is 2. The van der Waals surface area contributed by atoms with Crippen LogP contribution in [0.15, 0.2) is 77.7 Å². The molecule has 3 aromatic rings. The topological polar surface area (TPSA) is 135 Å². The van der Waals surface area contributed by atoms with Crippen LogP contribution in [0.1, 0.15) is 5.56 Å². The fourth-order valence-corrected chi connectivity index (χ4v) is 4.18. The average Bonchev–Trinajstić information content (AvgIpc) is 2.87. The molecule has 3 rings (SSSR count). The van der Waals surface area contributed by atoms with Gasteiger partial charge in [0.05, 0.1) is 37.0 Å². The molecule has 0 aliphatic rings. The largest absolute Gasteiger partial charge is 0.495 e. The van der Waals surface area contributed by atoms with Gasteiger partial charge in [-0.05, 0) is 35.9 Å². The second kappa shape index (κ2) is 11.7. The van der Waals surface area contributed by atoms with E-state index in [0.29, 0.717) is 12.3 Å². The maximum absolute atomic E-state index is 12.9. The minimum Gasteiger partial charge on any atom is -0.495 e. The number of methoxy groups -OCH3 is 2. The van der Waals surface area contributed by atoms with Gasteiger partial charge in [-0.15, -0.1) is 0 Å². The molecule has 0 spiro atoms. The number of amides is 3. The minimum atomic E-state index is -4.01. The van der Waals surface area contributed by atoms with Crippen LogP contribution in [0, 0.1) is 0 Å². The molecule has 0 aliphatic heterocycles. The summed E-state index contributed by atoms with van der Waals surface area (Å²) in [7, 11) is -1.18. The summed E-state index contributed by atoms with van der Waals surface area (Å²) in [6.45, 7) is -0.0264. The number of urea groups is 1. The van der Waals surface area contributed by atoms with Crippen LogP contribution in [0.5, 0.6) is 11.5 Å². The fraction of sp³-hybridized carbons (Fsp3) is 0.167. The molecular weight excluding hydrogens is 472 g/mol. The van der Waals surface area contributed by atoms with Crippen molar-refractivity contribution in [2.24, 2.45) is 0 Å². The molecule has 0 heterocycles. The molecule has 0 saturated heterocycles. The molecular formula is C24H26N4O6S. The number of carbonyl (C=O) groups excluding carboxylic acids is 2. The van der Waals surface area contributed by atoms with E-state index in [-0.39, 0.29) is 28.6 Å². The number of rotatable bonds is 10. The van der Waals surface area contributed by atoms with Crippen molar-refractivity contribution in [3.05, 3.63) is 78.4 Å². The highest BCUT2D eigenvalue weighted by Gasteiger charge is 2.19. The van der Waals surface area contributed by atoms with Crippen LogP contribution in [-0.4, -0.2) is 41.1 Å². The molecule has 35 heavy (non-hydrogen) atoms. The SMILES string of the molecule is COc1ccc(S(=O)(=O)Nc2ccccc2OC)cc1NC(=O)CNC(=O)NCc1ccccc1. The maximum atomic E-state index is 12.9. The van der Waals surface area contributed by atoms with E-state index in [0.717, 1.165) is 5.56 Å². The molecule has 3 amide bonds. The van der Waals surface area contributed by atoms with Crippen molar-refractivity contribution in [2.75, 3.05) is 30.8 Å². The second-order valence-corrected chi connectivity index (χ2v) is 8.92. The molecule has 0 aromatic heterocycles. The Morgan fingerprint density at radius 1 is 0.800 bits per heavy atom. The summed E-state index contributed by atoms with van der Waals surface area (Å²) in [5.41, 5.74) is 1.31. The number of sulfonamides is 1. The molecule has 184 valence electrons. The number of benzene rings is 3. The van der Waals surface area contributed by atoms with Gasteiger partial charge in [-0.1, -0.05) is 42.5 Å². The van der Waals surface area contributed by atoms with Crippen molar-refractivity contribution in [1.82, 2.24) is 10.6 Å². The Morgan fingerprint density at radius 2 is 1.46 bits per heavy atom. The Balaban J connectivity index is 1.64. The molecule has 0 bridgehead atoms. The highest BCUT2D eigenvalue weighted by Crippen LogP contribution is 2.30. The molecule has 0 radical (unpaired) electrons. The molecule has 0 aliphatic carbocycles. The van der Waals surface area contributed by atoms with E-state index in [4.69, 9.17) is 9.47 Å². The van der Waals surface area contributed by atoms with Gasteiger partial charge in [-0.3, -0.25) is 9.52 Å². The van der Waals surface area contributed by atoms with E-state index >= 15 is 0 Å². The number of hydrogen-bond acceptors (Lipinski definition) is 6. The first-order valence-corrected chi connectivity index (χ1v) is 12.0. The molecule has 3 aromatic carbocycles. The van der Waals surface area contributed by atoms with Crippen molar-refractivity contribution >= 4 is 33.3 Å². The summed E-state index contributed by atoms with van der Waals surface area (Å²) in [4.78, 5) is 24.3. The zero-order valence-electron chi connectivity index (χ0n) is 19.2. The number of para-hydroxylation sites is 2. The van der Waals surface area contributed by atoms with Gasteiger partial charge in [0.2, 0.25) is 5.91 Å². The van der Waals surface area contributed by atoms with E-state index in [9.17, 15) is 18.0 Å². The molecule has 0 unspecified atom stereocenters. The van der Waals surface area contributed by atoms with Crippen LogP contribution in [0.25, 0.3) is 0 Å². The van der Waals surface area contributed by atoms with Crippen LogP contribution in [0.4, 0.5) is 16.2 Å². The number of nitrogens with one attached hydrogen (secondary N) is 4. The quantitative estimate of drug-likeness (QED) is 0.340. The predicted octanol–water partition coefficient (Wildman–Crippen LogP) is 2.94. The van der Waals surface area contributed by atoms with Crippen molar-refractivity contribution < 1.29 is 27.5 Å². The van der Waals surface area contributed by atoms with Crippen molar-refractivity contribution in [1.29, 1.82) is 0 Å². The second-order valence-electron chi connectivity index (χ2n) is 7.24. The van der Waals surface area contributed by atoms with Gasteiger partial charge in [0.15, 0.2) is 0 Å². The van der Waals surface area contributed by atoms with Crippen LogP contribution in [-0.2, 0) is 21.4 Å². The smallest absolute Gasteiger partial charge is 0.315 e. The van der Waals surface area contributed by atoms with Gasteiger partial charge in [0.25, 0.3) is 10.0 Å².